The van der Waals surface area contributed by atoms with Crippen molar-refractivity contribution < 1.29 is 9.53 Å². The van der Waals surface area contributed by atoms with Crippen LogP contribution in [-0.2, 0) is 11.3 Å². The third-order valence-corrected chi connectivity index (χ3v) is 3.83. The number of pyridine rings is 1. The number of hydrogen-bond donors (Lipinski definition) is 0. The molecule has 2 heterocycles. The zero-order valence-electron chi connectivity index (χ0n) is 12.0. The number of fused-ring (bicyclic) bond motifs is 1. The highest BCUT2D eigenvalue weighted by Gasteiger charge is 2.10. The third-order valence-electron chi connectivity index (χ3n) is 3.24. The summed E-state index contributed by atoms with van der Waals surface area (Å²) in [5, 5.41) is 4.65. The largest absolute Gasteiger partial charge is 0.424 e. The average Bonchev–Trinajstić information content (AvgIpc) is 2.57. The number of hydrogen-bond acceptors (Lipinski definition) is 5. The van der Waals surface area contributed by atoms with Crippen LogP contribution in [0.4, 0.5) is 0 Å². The monoisotopic (exact) mass is 373 g/mol. The maximum atomic E-state index is 12.0. The third kappa shape index (κ3) is 3.45. The van der Waals surface area contributed by atoms with Gasteiger partial charge in [-0.2, -0.15) is 5.10 Å². The Hall–Kier alpha value is -2.54. The Morgan fingerprint density at radius 1 is 1.22 bits per heavy atom. The molecule has 6 nitrogen and oxygen atoms in total. The van der Waals surface area contributed by atoms with Gasteiger partial charge in [0, 0.05) is 11.6 Å². The van der Waals surface area contributed by atoms with E-state index in [2.05, 4.69) is 26.0 Å². The van der Waals surface area contributed by atoms with Gasteiger partial charge in [0.15, 0.2) is 5.75 Å². The average molecular weight is 374 g/mol. The van der Waals surface area contributed by atoms with E-state index in [0.29, 0.717) is 27.8 Å². The van der Waals surface area contributed by atoms with Crippen molar-refractivity contribution in [3.63, 3.8) is 0 Å². The summed E-state index contributed by atoms with van der Waals surface area (Å²) in [5.74, 6) is -0.0292. The Morgan fingerprint density at radius 3 is 2.87 bits per heavy atom. The number of aromatic nitrogens is 3. The highest BCUT2D eigenvalue weighted by molar-refractivity contribution is 9.10. The number of carbonyl (C=O) groups is 1. The molecule has 23 heavy (non-hydrogen) atoms. The molecule has 0 aliphatic carbocycles. The molecule has 0 spiro atoms. The van der Waals surface area contributed by atoms with Gasteiger partial charge in [0.25, 0.3) is 0 Å². The van der Waals surface area contributed by atoms with Crippen molar-refractivity contribution in [1.82, 2.24) is 14.8 Å². The Kier molecular flexibility index (Phi) is 4.47. The first-order valence-electron chi connectivity index (χ1n) is 6.91. The van der Waals surface area contributed by atoms with Gasteiger partial charge in [-0.3, -0.25) is 14.3 Å². The van der Waals surface area contributed by atoms with E-state index in [9.17, 15) is 9.59 Å². The molecule has 0 unspecified atom stereocenters. The van der Waals surface area contributed by atoms with E-state index in [0.717, 1.165) is 0 Å². The van der Waals surface area contributed by atoms with Gasteiger partial charge in [0.2, 0.25) is 5.43 Å². The molecule has 0 fully saturated rings. The van der Waals surface area contributed by atoms with Crippen LogP contribution in [-0.4, -0.2) is 20.7 Å². The molecule has 1 aromatic carbocycles. The van der Waals surface area contributed by atoms with Gasteiger partial charge in [-0.25, -0.2) is 4.98 Å². The second-order valence-corrected chi connectivity index (χ2v) is 5.52. The summed E-state index contributed by atoms with van der Waals surface area (Å²) in [6.07, 6.45) is 2.98. The van der Waals surface area contributed by atoms with Crippen LogP contribution in [0.15, 0.2) is 58.2 Å². The Labute approximate surface area is 139 Å². The number of ether oxygens (including phenoxy) is 1. The number of carbonyl (C=O) groups excluding carboxylic acids is 1. The lowest BCUT2D eigenvalue weighted by Crippen LogP contribution is -2.16. The minimum atomic E-state index is -0.400. The standard InChI is InChI=1S/C16H12BrN3O3/c17-16-14(6-3-8-18-16)23-15(22)7-9-20-12-5-2-1-4-11(12)13(21)10-19-20/h1-6,8,10H,7,9H2. The zero-order chi connectivity index (χ0) is 16.2. The molecule has 0 aliphatic heterocycles. The van der Waals surface area contributed by atoms with Gasteiger partial charge in [0.05, 0.1) is 24.7 Å². The first-order chi connectivity index (χ1) is 11.1. The second kappa shape index (κ2) is 6.70. The fourth-order valence-electron chi connectivity index (χ4n) is 2.16. The first kappa shape index (κ1) is 15.4. The number of halogens is 1. The van der Waals surface area contributed by atoms with Crippen LogP contribution in [0.25, 0.3) is 10.9 Å². The topological polar surface area (TPSA) is 74.1 Å². The van der Waals surface area contributed by atoms with Crippen molar-refractivity contribution in [3.05, 3.63) is 63.6 Å². The van der Waals surface area contributed by atoms with E-state index >= 15 is 0 Å². The summed E-state index contributed by atoms with van der Waals surface area (Å²) < 4.78 is 7.35. The zero-order valence-corrected chi connectivity index (χ0v) is 13.6. The molecule has 116 valence electrons. The summed E-state index contributed by atoms with van der Waals surface area (Å²) >= 11 is 3.22. The Bertz CT molecular complexity index is 924. The fourth-order valence-corrected chi connectivity index (χ4v) is 2.49. The van der Waals surface area contributed by atoms with Crippen molar-refractivity contribution in [3.8, 4) is 5.75 Å². The van der Waals surface area contributed by atoms with Gasteiger partial charge < -0.3 is 4.74 Å². The number of benzene rings is 1. The number of aryl methyl sites for hydroxylation is 1. The molecule has 0 amide bonds. The molecule has 3 rings (SSSR count). The lowest BCUT2D eigenvalue weighted by Gasteiger charge is -2.09. The highest BCUT2D eigenvalue weighted by Crippen LogP contribution is 2.21. The minimum Gasteiger partial charge on any atom is -0.424 e. The Morgan fingerprint density at radius 2 is 2.04 bits per heavy atom. The molecule has 0 saturated carbocycles. The predicted octanol–water partition coefficient (Wildman–Crippen LogP) is 2.55. The molecule has 0 N–H and O–H groups in total. The van der Waals surface area contributed by atoms with Crippen molar-refractivity contribution in [1.29, 1.82) is 0 Å². The molecule has 0 bridgehead atoms. The van der Waals surface area contributed by atoms with Crippen LogP contribution >= 0.6 is 15.9 Å². The van der Waals surface area contributed by atoms with Crippen LogP contribution in [0.2, 0.25) is 0 Å². The van der Waals surface area contributed by atoms with Gasteiger partial charge in [0.1, 0.15) is 4.60 Å². The van der Waals surface area contributed by atoms with Gasteiger partial charge in [-0.15, -0.1) is 0 Å². The second-order valence-electron chi connectivity index (χ2n) is 4.77. The molecule has 0 atom stereocenters. The maximum absolute atomic E-state index is 12.0. The van der Waals surface area contributed by atoms with Gasteiger partial charge >= 0.3 is 5.97 Å². The van der Waals surface area contributed by atoms with Crippen LogP contribution in [0.1, 0.15) is 6.42 Å². The van der Waals surface area contributed by atoms with Crippen molar-refractivity contribution in [2.45, 2.75) is 13.0 Å². The minimum absolute atomic E-state index is 0.126. The highest BCUT2D eigenvalue weighted by atomic mass is 79.9. The fraction of sp³-hybridized carbons (Fsp3) is 0.125. The first-order valence-corrected chi connectivity index (χ1v) is 7.70. The van der Waals surface area contributed by atoms with E-state index in [1.165, 1.54) is 6.20 Å². The van der Waals surface area contributed by atoms with Crippen LogP contribution < -0.4 is 10.2 Å². The number of nitrogens with zero attached hydrogens (tertiary/aromatic N) is 3. The van der Waals surface area contributed by atoms with Crippen LogP contribution in [0.3, 0.4) is 0 Å². The summed E-state index contributed by atoms with van der Waals surface area (Å²) in [4.78, 5) is 27.7. The van der Waals surface area contributed by atoms with E-state index < -0.39 is 5.97 Å². The Balaban J connectivity index is 1.74. The normalized spacial score (nSPS) is 10.7. The summed E-state index contributed by atoms with van der Waals surface area (Å²) in [6, 6.07) is 10.5. The molecule has 0 radical (unpaired) electrons. The lowest BCUT2D eigenvalue weighted by molar-refractivity contribution is -0.134. The van der Waals surface area contributed by atoms with Crippen molar-refractivity contribution in [2.75, 3.05) is 0 Å². The smallest absolute Gasteiger partial charge is 0.313 e. The SMILES string of the molecule is O=C(CCn1ncc(=O)c2ccccc21)Oc1cccnc1Br. The summed E-state index contributed by atoms with van der Waals surface area (Å²) in [5.41, 5.74) is 0.550. The van der Waals surface area contributed by atoms with Crippen LogP contribution in [0, 0.1) is 0 Å². The van der Waals surface area contributed by atoms with Gasteiger partial charge in [-0.05, 0) is 40.2 Å². The summed E-state index contributed by atoms with van der Waals surface area (Å²) in [7, 11) is 0. The molecule has 2 aromatic heterocycles. The maximum Gasteiger partial charge on any atom is 0.313 e. The van der Waals surface area contributed by atoms with Gasteiger partial charge in [-0.1, -0.05) is 12.1 Å². The lowest BCUT2D eigenvalue weighted by atomic mass is 10.2. The predicted molar refractivity (Wildman–Crippen MR) is 88.2 cm³/mol. The molecular weight excluding hydrogens is 362 g/mol. The van der Waals surface area contributed by atoms with E-state index in [-0.39, 0.29) is 11.8 Å². The van der Waals surface area contributed by atoms with Crippen molar-refractivity contribution in [2.24, 2.45) is 0 Å². The number of para-hydroxylation sites is 1. The van der Waals surface area contributed by atoms with Crippen molar-refractivity contribution >= 4 is 32.8 Å². The van der Waals surface area contributed by atoms with E-state index in [1.807, 2.05) is 6.07 Å². The quantitative estimate of drug-likeness (QED) is 0.518. The number of esters is 1. The summed E-state index contributed by atoms with van der Waals surface area (Å²) in [6.45, 7) is 0.317. The van der Waals surface area contributed by atoms with E-state index in [1.54, 1.807) is 41.2 Å². The molecule has 3 aromatic rings. The molecule has 7 heteroatoms. The number of rotatable bonds is 4. The molecular formula is C16H12BrN3O3. The van der Waals surface area contributed by atoms with Crippen LogP contribution in [0.5, 0.6) is 5.75 Å². The van der Waals surface area contributed by atoms with E-state index in [4.69, 9.17) is 4.74 Å². The molecule has 0 saturated heterocycles. The molecule has 0 aliphatic rings.